The number of carbonyl (C=O) groups is 1. The van der Waals surface area contributed by atoms with Gasteiger partial charge in [-0.3, -0.25) is 9.59 Å². The average molecular weight is 539 g/mol. The lowest BCUT2D eigenvalue weighted by atomic mass is 9.83. The number of halogens is 1. The van der Waals surface area contributed by atoms with Gasteiger partial charge < -0.3 is 25.9 Å². The number of nitrogens with zero attached hydrogens (tertiary/aromatic N) is 2. The number of amides is 1. The molecule has 0 saturated carbocycles. The van der Waals surface area contributed by atoms with Crippen LogP contribution in [0.4, 0.5) is 5.69 Å². The van der Waals surface area contributed by atoms with Crippen molar-refractivity contribution in [3.63, 3.8) is 0 Å². The number of hydrogen-bond acceptors (Lipinski definition) is 5. The SMILES string of the molecule is NC(=O)c1ccc(-c2cc3c(N[C@H]4CN5CCC4CC5)c(-c4nc5ccccc5[nH]4)c(=O)[nH]c3cc2Cl)cc1. The Hall–Kier alpha value is -4.14. The van der Waals surface area contributed by atoms with Gasteiger partial charge in [0.25, 0.3) is 5.56 Å². The summed E-state index contributed by atoms with van der Waals surface area (Å²) in [5, 5.41) is 5.15. The summed E-state index contributed by atoms with van der Waals surface area (Å²) in [7, 11) is 0. The van der Waals surface area contributed by atoms with Crippen LogP contribution in [-0.4, -0.2) is 51.4 Å². The molecule has 0 aliphatic carbocycles. The molecule has 3 aliphatic rings. The Labute approximate surface area is 229 Å². The maximum atomic E-state index is 13.6. The lowest BCUT2D eigenvalue weighted by molar-refractivity contribution is 0.0976. The molecular weight excluding hydrogens is 512 g/mol. The van der Waals surface area contributed by atoms with Crippen molar-refractivity contribution in [2.24, 2.45) is 11.7 Å². The predicted octanol–water partition coefficient (Wildman–Crippen LogP) is 5.00. The summed E-state index contributed by atoms with van der Waals surface area (Å²) < 4.78 is 0. The van der Waals surface area contributed by atoms with Crippen molar-refractivity contribution in [3.05, 3.63) is 81.6 Å². The molecule has 3 saturated heterocycles. The third kappa shape index (κ3) is 4.16. The van der Waals surface area contributed by atoms with E-state index >= 15 is 0 Å². The molecule has 0 radical (unpaired) electrons. The minimum atomic E-state index is -0.483. The van der Waals surface area contributed by atoms with E-state index in [9.17, 15) is 9.59 Å². The van der Waals surface area contributed by atoms with E-state index in [4.69, 9.17) is 22.3 Å². The number of anilines is 1. The first-order valence-corrected chi connectivity index (χ1v) is 13.6. The van der Waals surface area contributed by atoms with Gasteiger partial charge in [-0.25, -0.2) is 4.98 Å². The number of H-pyrrole nitrogens is 2. The van der Waals surface area contributed by atoms with E-state index in [1.54, 1.807) is 18.2 Å². The standard InChI is InChI=1S/C30H27ClN6O2/c31-21-14-24-20(13-19(21)16-5-7-18(8-6-16)28(32)38)27(33-25-15-37-11-9-17(25)10-12-37)26(30(39)36-24)29-34-22-3-1-2-4-23(22)35-29/h1-8,13-14,17,25H,9-12,15H2,(H2,32,38)(H,34,35)(H2,33,36,39)/t25-/m0/s1. The number of aromatic amines is 2. The lowest BCUT2D eigenvalue weighted by Crippen LogP contribution is -2.53. The van der Waals surface area contributed by atoms with Crippen LogP contribution in [0.25, 0.3) is 44.5 Å². The molecule has 0 unspecified atom stereocenters. The van der Waals surface area contributed by atoms with Gasteiger partial charge in [0, 0.05) is 29.1 Å². The van der Waals surface area contributed by atoms with Gasteiger partial charge in [-0.15, -0.1) is 0 Å². The second-order valence-corrected chi connectivity index (χ2v) is 10.9. The number of para-hydroxylation sites is 2. The van der Waals surface area contributed by atoms with Gasteiger partial charge in [-0.05, 0) is 73.8 Å². The van der Waals surface area contributed by atoms with Gasteiger partial charge >= 0.3 is 0 Å². The van der Waals surface area contributed by atoms with Gasteiger partial charge in [0.2, 0.25) is 5.91 Å². The first kappa shape index (κ1) is 23.9. The zero-order valence-electron chi connectivity index (χ0n) is 21.1. The molecule has 5 heterocycles. The third-order valence-corrected chi connectivity index (χ3v) is 8.51. The van der Waals surface area contributed by atoms with Crippen LogP contribution in [0.5, 0.6) is 0 Å². The molecule has 3 aliphatic heterocycles. The first-order chi connectivity index (χ1) is 18.9. The predicted molar refractivity (Wildman–Crippen MR) is 155 cm³/mol. The summed E-state index contributed by atoms with van der Waals surface area (Å²) in [5.74, 6) is 0.578. The zero-order valence-corrected chi connectivity index (χ0v) is 21.9. The molecule has 1 atom stereocenters. The Balaban J connectivity index is 1.44. The maximum absolute atomic E-state index is 13.6. The van der Waals surface area contributed by atoms with Crippen molar-refractivity contribution < 1.29 is 4.79 Å². The molecule has 39 heavy (non-hydrogen) atoms. The van der Waals surface area contributed by atoms with Crippen molar-refractivity contribution in [1.29, 1.82) is 0 Å². The minimum absolute atomic E-state index is 0.217. The van der Waals surface area contributed by atoms with Crippen LogP contribution >= 0.6 is 11.6 Å². The fraction of sp³-hybridized carbons (Fsp3) is 0.233. The minimum Gasteiger partial charge on any atom is -0.379 e. The number of nitrogens with two attached hydrogens (primary N) is 1. The summed E-state index contributed by atoms with van der Waals surface area (Å²) in [6.07, 6.45) is 2.28. The maximum Gasteiger partial charge on any atom is 0.261 e. The molecule has 3 aromatic carbocycles. The number of aromatic nitrogens is 3. The molecule has 3 fully saturated rings. The van der Waals surface area contributed by atoms with E-state index < -0.39 is 5.91 Å². The average Bonchev–Trinajstić information content (AvgIpc) is 3.37. The van der Waals surface area contributed by atoms with Crippen molar-refractivity contribution >= 4 is 45.1 Å². The topological polar surface area (TPSA) is 120 Å². The highest BCUT2D eigenvalue weighted by atomic mass is 35.5. The van der Waals surface area contributed by atoms with E-state index in [-0.39, 0.29) is 11.6 Å². The highest BCUT2D eigenvalue weighted by Crippen LogP contribution is 2.39. The molecule has 2 bridgehead atoms. The third-order valence-electron chi connectivity index (χ3n) is 8.19. The Kier molecular flexibility index (Phi) is 5.68. The van der Waals surface area contributed by atoms with E-state index in [1.165, 1.54) is 0 Å². The van der Waals surface area contributed by atoms with Crippen LogP contribution in [0.15, 0.2) is 65.5 Å². The molecule has 8 nitrogen and oxygen atoms in total. The van der Waals surface area contributed by atoms with E-state index in [2.05, 4.69) is 20.2 Å². The van der Waals surface area contributed by atoms with Crippen molar-refractivity contribution in [2.75, 3.05) is 25.0 Å². The number of nitrogens with one attached hydrogen (secondary N) is 3. The summed E-state index contributed by atoms with van der Waals surface area (Å²) in [4.78, 5) is 38.9. The van der Waals surface area contributed by atoms with Gasteiger partial charge in [0.05, 0.1) is 27.3 Å². The second-order valence-electron chi connectivity index (χ2n) is 10.5. The van der Waals surface area contributed by atoms with E-state index in [0.717, 1.165) is 65.7 Å². The smallest absolute Gasteiger partial charge is 0.261 e. The number of fused-ring (bicyclic) bond motifs is 5. The fourth-order valence-corrected chi connectivity index (χ4v) is 6.39. The van der Waals surface area contributed by atoms with E-state index in [1.807, 2.05) is 42.5 Å². The molecule has 8 rings (SSSR count). The number of rotatable bonds is 5. The molecule has 9 heteroatoms. The van der Waals surface area contributed by atoms with Crippen LogP contribution in [0.1, 0.15) is 23.2 Å². The van der Waals surface area contributed by atoms with Crippen LogP contribution in [0, 0.1) is 5.92 Å². The number of benzene rings is 3. The summed E-state index contributed by atoms with van der Waals surface area (Å²) in [6, 6.07) is 18.8. The number of hydrogen-bond donors (Lipinski definition) is 4. The van der Waals surface area contributed by atoms with Crippen LogP contribution < -0.4 is 16.6 Å². The van der Waals surface area contributed by atoms with E-state index in [0.29, 0.717) is 33.4 Å². The second kappa shape index (κ2) is 9.25. The van der Waals surface area contributed by atoms with Crippen LogP contribution in [0.3, 0.4) is 0 Å². The van der Waals surface area contributed by atoms with Crippen LogP contribution in [-0.2, 0) is 0 Å². The van der Waals surface area contributed by atoms with Gasteiger partial charge in [-0.2, -0.15) is 0 Å². The Morgan fingerprint density at radius 3 is 2.49 bits per heavy atom. The van der Waals surface area contributed by atoms with Crippen molar-refractivity contribution in [1.82, 2.24) is 19.9 Å². The van der Waals surface area contributed by atoms with Crippen molar-refractivity contribution in [2.45, 2.75) is 18.9 Å². The quantitative estimate of drug-likeness (QED) is 0.251. The number of imidazole rings is 1. The molecule has 1 amide bonds. The molecular formula is C30H27ClN6O2. The normalized spacial score (nSPS) is 20.5. The lowest BCUT2D eigenvalue weighted by Gasteiger charge is -2.45. The highest BCUT2D eigenvalue weighted by molar-refractivity contribution is 6.34. The van der Waals surface area contributed by atoms with Crippen molar-refractivity contribution in [3.8, 4) is 22.5 Å². The largest absolute Gasteiger partial charge is 0.379 e. The molecule has 196 valence electrons. The van der Waals surface area contributed by atoms with Gasteiger partial charge in [-0.1, -0.05) is 35.9 Å². The highest BCUT2D eigenvalue weighted by Gasteiger charge is 2.35. The Morgan fingerprint density at radius 1 is 1.03 bits per heavy atom. The Morgan fingerprint density at radius 2 is 1.79 bits per heavy atom. The molecule has 5 N–H and O–H groups in total. The van der Waals surface area contributed by atoms with Gasteiger partial charge in [0.1, 0.15) is 11.4 Å². The fourth-order valence-electron chi connectivity index (χ4n) is 6.11. The van der Waals surface area contributed by atoms with Crippen LogP contribution in [0.2, 0.25) is 5.02 Å². The summed E-state index contributed by atoms with van der Waals surface area (Å²) in [6.45, 7) is 3.18. The Bertz CT molecular complexity index is 1770. The monoisotopic (exact) mass is 538 g/mol. The number of pyridine rings is 1. The number of piperidine rings is 3. The molecule has 2 aromatic heterocycles. The van der Waals surface area contributed by atoms with Gasteiger partial charge in [0.15, 0.2) is 0 Å². The summed E-state index contributed by atoms with van der Waals surface area (Å²) in [5.41, 5.74) is 10.8. The number of primary amides is 1. The molecule has 0 spiro atoms. The zero-order chi connectivity index (χ0) is 26.7. The first-order valence-electron chi connectivity index (χ1n) is 13.2. The summed E-state index contributed by atoms with van der Waals surface area (Å²) >= 11 is 6.74. The molecule has 5 aromatic rings. The number of carbonyl (C=O) groups excluding carboxylic acids is 1.